The molecular formula is C9H6BrFO3. The molecule has 3 nitrogen and oxygen atoms in total. The van der Waals surface area contributed by atoms with Gasteiger partial charge in [0.25, 0.3) is 0 Å². The molecule has 1 aromatic carbocycles. The van der Waals surface area contributed by atoms with E-state index < -0.39 is 24.0 Å². The third-order valence-electron chi connectivity index (χ3n) is 1.60. The van der Waals surface area contributed by atoms with Crippen molar-refractivity contribution in [1.29, 1.82) is 0 Å². The van der Waals surface area contributed by atoms with E-state index in [0.29, 0.717) is 4.47 Å². The molecule has 0 aliphatic carbocycles. The predicted octanol–water partition coefficient (Wildman–Crippen LogP) is 1.78. The van der Waals surface area contributed by atoms with E-state index in [0.717, 1.165) is 0 Å². The van der Waals surface area contributed by atoms with Gasteiger partial charge >= 0.3 is 5.97 Å². The van der Waals surface area contributed by atoms with Crippen molar-refractivity contribution in [2.45, 2.75) is 6.42 Å². The van der Waals surface area contributed by atoms with Crippen LogP contribution in [0.4, 0.5) is 4.39 Å². The SMILES string of the molecule is O=C(O)C(=O)Cc1cc(Br)ccc1F. The number of benzene rings is 1. The summed E-state index contributed by atoms with van der Waals surface area (Å²) in [5, 5.41) is 8.32. The van der Waals surface area contributed by atoms with Crippen LogP contribution in [0.2, 0.25) is 0 Å². The molecule has 0 atom stereocenters. The highest BCUT2D eigenvalue weighted by atomic mass is 79.9. The van der Waals surface area contributed by atoms with Crippen molar-refractivity contribution in [1.82, 2.24) is 0 Å². The molecule has 0 aliphatic rings. The number of carboxylic acid groups (broad SMARTS) is 1. The summed E-state index contributed by atoms with van der Waals surface area (Å²) in [6.45, 7) is 0. The van der Waals surface area contributed by atoms with Crippen molar-refractivity contribution in [2.75, 3.05) is 0 Å². The first-order valence-corrected chi connectivity index (χ1v) is 4.50. The number of hydrogen-bond donors (Lipinski definition) is 1. The summed E-state index contributed by atoms with van der Waals surface area (Å²) in [6.07, 6.45) is -0.430. The van der Waals surface area contributed by atoms with Crippen LogP contribution in [0.1, 0.15) is 5.56 Å². The Bertz CT molecular complexity index is 390. The average Bonchev–Trinajstić information content (AvgIpc) is 2.11. The van der Waals surface area contributed by atoms with Gasteiger partial charge in [-0.15, -0.1) is 0 Å². The third-order valence-corrected chi connectivity index (χ3v) is 2.09. The molecule has 5 heteroatoms. The predicted molar refractivity (Wildman–Crippen MR) is 50.4 cm³/mol. The van der Waals surface area contributed by atoms with E-state index >= 15 is 0 Å². The van der Waals surface area contributed by atoms with Crippen molar-refractivity contribution in [3.8, 4) is 0 Å². The minimum Gasteiger partial charge on any atom is -0.475 e. The summed E-state index contributed by atoms with van der Waals surface area (Å²) >= 11 is 3.10. The van der Waals surface area contributed by atoms with E-state index in [1.54, 1.807) is 0 Å². The molecule has 0 heterocycles. The van der Waals surface area contributed by atoms with Crippen LogP contribution >= 0.6 is 15.9 Å². The highest BCUT2D eigenvalue weighted by Crippen LogP contribution is 2.16. The summed E-state index contributed by atoms with van der Waals surface area (Å²) in [7, 11) is 0. The normalized spacial score (nSPS) is 9.86. The van der Waals surface area contributed by atoms with Crippen molar-refractivity contribution in [3.63, 3.8) is 0 Å². The molecule has 0 aliphatic heterocycles. The first kappa shape index (κ1) is 10.8. The van der Waals surface area contributed by atoms with E-state index in [4.69, 9.17) is 5.11 Å². The lowest BCUT2D eigenvalue weighted by atomic mass is 10.1. The van der Waals surface area contributed by atoms with Crippen LogP contribution in [-0.4, -0.2) is 16.9 Å². The van der Waals surface area contributed by atoms with Gasteiger partial charge in [0.05, 0.1) is 0 Å². The lowest BCUT2D eigenvalue weighted by molar-refractivity contribution is -0.148. The Morgan fingerprint density at radius 2 is 2.07 bits per heavy atom. The molecule has 1 N–H and O–H groups in total. The van der Waals surface area contributed by atoms with Crippen LogP contribution < -0.4 is 0 Å². The molecule has 0 fully saturated rings. The number of carbonyl (C=O) groups is 2. The maximum Gasteiger partial charge on any atom is 0.372 e. The van der Waals surface area contributed by atoms with Gasteiger partial charge in [0, 0.05) is 10.9 Å². The van der Waals surface area contributed by atoms with Crippen LogP contribution in [0, 0.1) is 5.82 Å². The Kier molecular flexibility index (Phi) is 3.35. The van der Waals surface area contributed by atoms with E-state index in [1.807, 2.05) is 0 Å². The average molecular weight is 261 g/mol. The van der Waals surface area contributed by atoms with E-state index in [-0.39, 0.29) is 5.56 Å². The van der Waals surface area contributed by atoms with E-state index in [1.165, 1.54) is 18.2 Å². The highest BCUT2D eigenvalue weighted by Gasteiger charge is 2.14. The van der Waals surface area contributed by atoms with Gasteiger partial charge < -0.3 is 5.11 Å². The molecule has 0 amide bonds. The van der Waals surface area contributed by atoms with Gasteiger partial charge in [0.2, 0.25) is 5.78 Å². The molecule has 14 heavy (non-hydrogen) atoms. The van der Waals surface area contributed by atoms with Crippen LogP contribution in [0.15, 0.2) is 22.7 Å². The maximum absolute atomic E-state index is 13.0. The standard InChI is InChI=1S/C9H6BrFO3/c10-6-1-2-7(11)5(3-6)4-8(12)9(13)14/h1-3H,4H2,(H,13,14). The van der Waals surface area contributed by atoms with Gasteiger partial charge in [0.15, 0.2) is 0 Å². The highest BCUT2D eigenvalue weighted by molar-refractivity contribution is 9.10. The molecule has 0 saturated heterocycles. The summed E-state index contributed by atoms with van der Waals surface area (Å²) in [4.78, 5) is 21.0. The van der Waals surface area contributed by atoms with Crippen LogP contribution in [-0.2, 0) is 16.0 Å². The van der Waals surface area contributed by atoms with Crippen LogP contribution in [0.5, 0.6) is 0 Å². The molecule has 0 spiro atoms. The number of ketones is 1. The Labute approximate surface area is 87.7 Å². The smallest absolute Gasteiger partial charge is 0.372 e. The largest absolute Gasteiger partial charge is 0.475 e. The molecule has 0 radical (unpaired) electrons. The fourth-order valence-electron chi connectivity index (χ4n) is 0.927. The number of aliphatic carboxylic acids is 1. The number of rotatable bonds is 3. The molecule has 1 aromatic rings. The van der Waals surface area contributed by atoms with E-state index in [2.05, 4.69) is 15.9 Å². The zero-order valence-corrected chi connectivity index (χ0v) is 8.54. The topological polar surface area (TPSA) is 54.4 Å². The van der Waals surface area contributed by atoms with Crippen molar-refractivity contribution in [2.24, 2.45) is 0 Å². The van der Waals surface area contributed by atoms with Gasteiger partial charge in [-0.3, -0.25) is 4.79 Å². The molecule has 0 bridgehead atoms. The van der Waals surface area contributed by atoms with Gasteiger partial charge in [-0.05, 0) is 23.8 Å². The second-order valence-corrected chi connectivity index (χ2v) is 3.56. The number of hydrogen-bond acceptors (Lipinski definition) is 2. The Morgan fingerprint density at radius 3 is 2.64 bits per heavy atom. The fourth-order valence-corrected chi connectivity index (χ4v) is 1.34. The summed E-state index contributed by atoms with van der Waals surface area (Å²) in [5.74, 6) is -3.16. The first-order chi connectivity index (χ1) is 6.50. The van der Waals surface area contributed by atoms with E-state index in [9.17, 15) is 14.0 Å². The van der Waals surface area contributed by atoms with Crippen LogP contribution in [0.3, 0.4) is 0 Å². The minimum atomic E-state index is -1.55. The van der Waals surface area contributed by atoms with Gasteiger partial charge in [0.1, 0.15) is 5.82 Å². The Morgan fingerprint density at radius 1 is 1.43 bits per heavy atom. The van der Waals surface area contributed by atoms with Crippen molar-refractivity contribution in [3.05, 3.63) is 34.1 Å². The lowest BCUT2D eigenvalue weighted by Crippen LogP contribution is -2.15. The molecule has 74 valence electrons. The molecule has 0 saturated carbocycles. The first-order valence-electron chi connectivity index (χ1n) is 3.70. The van der Waals surface area contributed by atoms with Gasteiger partial charge in [-0.2, -0.15) is 0 Å². The second-order valence-electron chi connectivity index (χ2n) is 2.64. The van der Waals surface area contributed by atoms with Crippen molar-refractivity contribution >= 4 is 27.7 Å². The summed E-state index contributed by atoms with van der Waals surface area (Å²) in [6, 6.07) is 4.04. The van der Waals surface area contributed by atoms with Crippen LogP contribution in [0.25, 0.3) is 0 Å². The quantitative estimate of drug-likeness (QED) is 0.844. The molecular weight excluding hydrogens is 255 g/mol. The number of carboxylic acids is 1. The third kappa shape index (κ3) is 2.63. The second kappa shape index (κ2) is 4.32. The summed E-state index contributed by atoms with van der Waals surface area (Å²) < 4.78 is 13.6. The zero-order valence-electron chi connectivity index (χ0n) is 6.96. The molecule has 0 aromatic heterocycles. The number of Topliss-reactive ketones (excluding diaryl/α,β-unsaturated/α-hetero) is 1. The molecule has 0 unspecified atom stereocenters. The fraction of sp³-hybridized carbons (Fsp3) is 0.111. The van der Waals surface area contributed by atoms with Crippen molar-refractivity contribution < 1.29 is 19.1 Å². The summed E-state index contributed by atoms with van der Waals surface area (Å²) in [5.41, 5.74) is 0.0757. The molecule has 1 rings (SSSR count). The number of halogens is 2. The minimum absolute atomic E-state index is 0.0757. The maximum atomic E-state index is 13.0. The number of carbonyl (C=O) groups excluding carboxylic acids is 1. The monoisotopic (exact) mass is 260 g/mol. The zero-order chi connectivity index (χ0) is 10.7. The Balaban J connectivity index is 2.91. The van der Waals surface area contributed by atoms with Gasteiger partial charge in [-0.1, -0.05) is 15.9 Å². The van der Waals surface area contributed by atoms with Gasteiger partial charge in [-0.25, -0.2) is 9.18 Å². The Hall–Kier alpha value is -1.23. The lowest BCUT2D eigenvalue weighted by Gasteiger charge is -2.00.